The maximum absolute atomic E-state index is 11.6. The van der Waals surface area contributed by atoms with Gasteiger partial charge in [-0.05, 0) is 19.4 Å². The highest BCUT2D eigenvalue weighted by molar-refractivity contribution is 6.77. The van der Waals surface area contributed by atoms with Crippen LogP contribution in [0.25, 0.3) is 0 Å². The number of aliphatic carboxylic acids is 1. The van der Waals surface area contributed by atoms with Crippen LogP contribution in [0.5, 0.6) is 0 Å². The maximum atomic E-state index is 11.6. The standard InChI is InChI=1S/C12H11Cl3O3/c1-11(2,10(17)18)8-5-3-7(4-6-8)9(16)12(13,14)15/h3-6H,1-2H3,(H,17,18). The molecule has 0 aliphatic carbocycles. The molecule has 18 heavy (non-hydrogen) atoms. The van der Waals surface area contributed by atoms with Gasteiger partial charge in [-0.1, -0.05) is 59.1 Å². The van der Waals surface area contributed by atoms with Gasteiger partial charge < -0.3 is 5.11 Å². The third-order valence-corrected chi connectivity index (χ3v) is 3.18. The fraction of sp³-hybridized carbons (Fsp3) is 0.333. The molecule has 0 aromatic heterocycles. The van der Waals surface area contributed by atoms with E-state index in [9.17, 15) is 9.59 Å². The molecule has 1 aromatic rings. The number of halogens is 3. The lowest BCUT2D eigenvalue weighted by molar-refractivity contribution is -0.142. The van der Waals surface area contributed by atoms with Crippen molar-refractivity contribution < 1.29 is 14.7 Å². The van der Waals surface area contributed by atoms with Gasteiger partial charge in [-0.2, -0.15) is 0 Å². The van der Waals surface area contributed by atoms with Crippen LogP contribution in [0, 0.1) is 0 Å². The molecule has 0 heterocycles. The molecule has 1 aromatic carbocycles. The van der Waals surface area contributed by atoms with E-state index >= 15 is 0 Å². The number of alkyl halides is 3. The predicted molar refractivity (Wildman–Crippen MR) is 71.7 cm³/mol. The molecular weight excluding hydrogens is 298 g/mol. The fourth-order valence-corrected chi connectivity index (χ4v) is 1.65. The summed E-state index contributed by atoms with van der Waals surface area (Å²) in [6.45, 7) is 3.14. The second-order valence-corrected chi connectivity index (χ2v) is 6.62. The number of carbonyl (C=O) groups is 2. The van der Waals surface area contributed by atoms with Crippen molar-refractivity contribution in [1.82, 2.24) is 0 Å². The SMILES string of the molecule is CC(C)(C(=O)O)c1ccc(C(=O)C(Cl)(Cl)Cl)cc1. The summed E-state index contributed by atoms with van der Waals surface area (Å²) < 4.78 is -2.01. The van der Waals surface area contributed by atoms with Gasteiger partial charge in [-0.15, -0.1) is 0 Å². The fourth-order valence-electron chi connectivity index (χ4n) is 1.33. The molecule has 0 saturated carbocycles. The number of carbonyl (C=O) groups excluding carboxylic acids is 1. The molecule has 0 radical (unpaired) electrons. The Balaban J connectivity index is 3.08. The molecule has 6 heteroatoms. The number of ketones is 1. The number of carboxylic acid groups (broad SMARTS) is 1. The van der Waals surface area contributed by atoms with Gasteiger partial charge in [0, 0.05) is 5.56 Å². The molecule has 98 valence electrons. The number of hydrogen-bond donors (Lipinski definition) is 1. The zero-order valence-electron chi connectivity index (χ0n) is 9.71. The Morgan fingerprint density at radius 3 is 1.83 bits per heavy atom. The van der Waals surface area contributed by atoms with E-state index in [0.717, 1.165) is 0 Å². The van der Waals surface area contributed by atoms with E-state index in [4.69, 9.17) is 39.9 Å². The minimum absolute atomic E-state index is 0.222. The second-order valence-electron chi connectivity index (χ2n) is 4.33. The first-order valence-corrected chi connectivity index (χ1v) is 6.15. The van der Waals surface area contributed by atoms with Crippen molar-refractivity contribution in [3.8, 4) is 0 Å². The van der Waals surface area contributed by atoms with Crippen LogP contribution in [-0.2, 0) is 10.2 Å². The summed E-state index contributed by atoms with van der Waals surface area (Å²) in [6.07, 6.45) is 0. The first kappa shape index (κ1) is 15.3. The summed E-state index contributed by atoms with van der Waals surface area (Å²) in [5, 5.41) is 9.07. The Kier molecular flexibility index (Phi) is 4.31. The molecule has 0 bridgehead atoms. The molecule has 0 amide bonds. The second kappa shape index (κ2) is 5.08. The topological polar surface area (TPSA) is 54.4 Å². The van der Waals surface area contributed by atoms with Crippen LogP contribution in [0.3, 0.4) is 0 Å². The highest BCUT2D eigenvalue weighted by atomic mass is 35.6. The highest BCUT2D eigenvalue weighted by Gasteiger charge is 2.33. The zero-order chi connectivity index (χ0) is 14.1. The van der Waals surface area contributed by atoms with E-state index in [0.29, 0.717) is 5.56 Å². The van der Waals surface area contributed by atoms with Crippen LogP contribution < -0.4 is 0 Å². The summed E-state index contributed by atoms with van der Waals surface area (Å²) in [6, 6.07) is 5.98. The Morgan fingerprint density at radius 1 is 1.06 bits per heavy atom. The van der Waals surface area contributed by atoms with Crippen LogP contribution in [-0.4, -0.2) is 20.7 Å². The minimum atomic E-state index is -2.01. The van der Waals surface area contributed by atoms with Crippen LogP contribution in [0.4, 0.5) is 0 Å². The van der Waals surface area contributed by atoms with Crippen molar-refractivity contribution in [1.29, 1.82) is 0 Å². The first-order valence-electron chi connectivity index (χ1n) is 5.02. The summed E-state index contributed by atoms with van der Waals surface area (Å²) >= 11 is 16.5. The number of carboxylic acids is 1. The van der Waals surface area contributed by atoms with Gasteiger partial charge in [0.15, 0.2) is 0 Å². The lowest BCUT2D eigenvalue weighted by atomic mass is 9.84. The monoisotopic (exact) mass is 308 g/mol. The molecule has 0 fully saturated rings. The minimum Gasteiger partial charge on any atom is -0.481 e. The van der Waals surface area contributed by atoms with Crippen LogP contribution >= 0.6 is 34.8 Å². The molecule has 0 aliphatic heterocycles. The first-order chi connectivity index (χ1) is 8.06. The normalized spacial score (nSPS) is 12.3. The Morgan fingerprint density at radius 2 is 1.50 bits per heavy atom. The smallest absolute Gasteiger partial charge is 0.313 e. The third kappa shape index (κ3) is 3.16. The van der Waals surface area contributed by atoms with E-state index in [1.807, 2.05) is 0 Å². The third-order valence-electron chi connectivity index (χ3n) is 2.66. The molecule has 0 unspecified atom stereocenters. The summed E-state index contributed by atoms with van der Waals surface area (Å²) in [5.74, 6) is -1.60. The predicted octanol–water partition coefficient (Wildman–Crippen LogP) is 3.60. The Labute approximate surface area is 120 Å². The van der Waals surface area contributed by atoms with Crippen molar-refractivity contribution in [3.63, 3.8) is 0 Å². The molecular formula is C12H11Cl3O3. The van der Waals surface area contributed by atoms with Crippen LogP contribution in [0.1, 0.15) is 29.8 Å². The van der Waals surface area contributed by atoms with Gasteiger partial charge in [0.1, 0.15) is 0 Å². The van der Waals surface area contributed by atoms with Gasteiger partial charge in [-0.25, -0.2) is 0 Å². The average Bonchev–Trinajstić information content (AvgIpc) is 2.26. The summed E-state index contributed by atoms with van der Waals surface area (Å²) in [7, 11) is 0. The molecule has 1 N–H and O–H groups in total. The molecule has 0 spiro atoms. The van der Waals surface area contributed by atoms with Gasteiger partial charge in [0.25, 0.3) is 3.79 Å². The number of benzene rings is 1. The lowest BCUT2D eigenvalue weighted by Gasteiger charge is -2.20. The Bertz CT molecular complexity index is 472. The van der Waals surface area contributed by atoms with Crippen LogP contribution in [0.2, 0.25) is 0 Å². The van der Waals surface area contributed by atoms with E-state index < -0.39 is 21.0 Å². The average molecular weight is 310 g/mol. The van der Waals surface area contributed by atoms with Crippen molar-refractivity contribution in [2.45, 2.75) is 23.1 Å². The highest BCUT2D eigenvalue weighted by Crippen LogP contribution is 2.31. The van der Waals surface area contributed by atoms with Gasteiger partial charge in [0.05, 0.1) is 5.41 Å². The van der Waals surface area contributed by atoms with E-state index in [2.05, 4.69) is 0 Å². The molecule has 0 atom stereocenters. The molecule has 0 saturated heterocycles. The van der Waals surface area contributed by atoms with Crippen molar-refractivity contribution in [2.24, 2.45) is 0 Å². The Hall–Kier alpha value is -0.770. The largest absolute Gasteiger partial charge is 0.481 e. The zero-order valence-corrected chi connectivity index (χ0v) is 12.0. The lowest BCUT2D eigenvalue weighted by Crippen LogP contribution is -2.28. The number of rotatable bonds is 3. The van der Waals surface area contributed by atoms with Crippen molar-refractivity contribution in [3.05, 3.63) is 35.4 Å². The van der Waals surface area contributed by atoms with Gasteiger partial charge in [-0.3, -0.25) is 9.59 Å². The van der Waals surface area contributed by atoms with Gasteiger partial charge in [0.2, 0.25) is 5.78 Å². The number of Topliss-reactive ketones (excluding diaryl/α,β-unsaturated/α-hetero) is 1. The van der Waals surface area contributed by atoms with Crippen LogP contribution in [0.15, 0.2) is 24.3 Å². The van der Waals surface area contributed by atoms with Gasteiger partial charge >= 0.3 is 5.97 Å². The molecule has 0 aliphatic rings. The molecule has 1 rings (SSSR count). The van der Waals surface area contributed by atoms with E-state index in [1.54, 1.807) is 13.8 Å². The van der Waals surface area contributed by atoms with E-state index in [-0.39, 0.29) is 5.56 Å². The summed E-state index contributed by atoms with van der Waals surface area (Å²) in [5.41, 5.74) is -0.252. The molecule has 3 nitrogen and oxygen atoms in total. The van der Waals surface area contributed by atoms with Crippen molar-refractivity contribution >= 4 is 46.6 Å². The maximum Gasteiger partial charge on any atom is 0.313 e. The van der Waals surface area contributed by atoms with Crippen molar-refractivity contribution in [2.75, 3.05) is 0 Å². The van der Waals surface area contributed by atoms with E-state index in [1.165, 1.54) is 24.3 Å². The number of hydrogen-bond acceptors (Lipinski definition) is 2. The summed E-state index contributed by atoms with van der Waals surface area (Å²) in [4.78, 5) is 22.7. The quantitative estimate of drug-likeness (QED) is 0.685.